The molecule has 0 heterocycles. The molecule has 0 spiro atoms. The molecule has 7 heteroatoms. The third-order valence-corrected chi connectivity index (χ3v) is 0. The van der Waals surface area contributed by atoms with Crippen LogP contribution in [0.1, 0.15) is 27.7 Å². The Bertz CT molecular complexity index is 30.3. The largest absolute Gasteiger partial charge is 0.675 e. The first kappa shape index (κ1) is 68.2. The number of rotatable bonds is 0. The number of hydrogen-bond donors (Lipinski definition) is 0. The third kappa shape index (κ3) is 164. The summed E-state index contributed by atoms with van der Waals surface area (Å²) in [5.74, 6) is 0. The summed E-state index contributed by atoms with van der Waals surface area (Å²) in [5, 5.41) is 0. The molecule has 1 N–H and O–H groups in total. The van der Waals surface area contributed by atoms with Gasteiger partial charge in [-0.3, -0.25) is 0 Å². The fourth-order valence-corrected chi connectivity index (χ4v) is 0. The van der Waals surface area contributed by atoms with Crippen molar-refractivity contribution >= 4 is 0 Å². The van der Waals surface area contributed by atoms with E-state index in [1.54, 1.807) is 0 Å². The molecule has 0 fully saturated rings. The maximum Gasteiger partial charge on any atom is 0 e. The van der Waals surface area contributed by atoms with Crippen LogP contribution in [0.15, 0.2) is 0 Å². The van der Waals surface area contributed by atoms with E-state index < -0.39 is 0 Å². The van der Waals surface area contributed by atoms with Gasteiger partial charge in [0.25, 0.3) is 0 Å². The summed E-state index contributed by atoms with van der Waals surface area (Å²) < 4.78 is 0. The topological polar surface area (TPSA) is 23.8 Å². The predicted molar refractivity (Wildman–Crippen MR) is 47.9 cm³/mol. The van der Waals surface area contributed by atoms with E-state index in [1.165, 1.54) is 0 Å². The summed E-state index contributed by atoms with van der Waals surface area (Å²) in [7, 11) is 0. The van der Waals surface area contributed by atoms with Gasteiger partial charge in [-0.05, 0) is 0 Å². The van der Waals surface area contributed by atoms with E-state index >= 15 is 0 Å². The average Bonchev–Trinajstić information content (AvgIpc) is 1.33. The molecule has 0 aliphatic heterocycles. The van der Waals surface area contributed by atoms with Gasteiger partial charge in [-0.1, -0.05) is 13.8 Å². The molecule has 0 bridgehead atoms. The standard InChI is InChI=1S/C3H8N.C3H7.2CH3.6Y/c1-3(2)4;1-3-2;;;;;;;;/h3-4H,1-2H3;3H,1-2H3;2*1H3;;;;;;/q4*-1;;;;;;. The van der Waals surface area contributed by atoms with Crippen LogP contribution in [0.3, 0.4) is 0 Å². The SMILES string of the molecule is CC(C)[NH-].C[CH-]C.[CH3-].[CH3-].[Y].[Y].[Y].[Y].[Y].[Y]. The molecule has 0 amide bonds. The van der Waals surface area contributed by atoms with Crippen molar-refractivity contribution in [2.75, 3.05) is 0 Å². The van der Waals surface area contributed by atoms with E-state index in [-0.39, 0.29) is 217 Å². The monoisotopic (exact) mass is 665 g/mol. The summed E-state index contributed by atoms with van der Waals surface area (Å²) in [6.07, 6.45) is 2.00. The summed E-state index contributed by atoms with van der Waals surface area (Å²) in [6, 6.07) is 0.0833. The third-order valence-electron chi connectivity index (χ3n) is 0. The van der Waals surface area contributed by atoms with Crippen LogP contribution in [0.2, 0.25) is 0 Å². The van der Waals surface area contributed by atoms with Gasteiger partial charge in [0.15, 0.2) is 0 Å². The van der Waals surface area contributed by atoms with Gasteiger partial charge in [0.05, 0.1) is 0 Å². The molecule has 0 rings (SSSR count). The van der Waals surface area contributed by atoms with Gasteiger partial charge in [-0.15, -0.1) is 6.04 Å². The number of hydrogen-bond acceptors (Lipinski definition) is 0. The van der Waals surface area contributed by atoms with Crippen LogP contribution in [0.25, 0.3) is 5.73 Å². The van der Waals surface area contributed by atoms with Crippen LogP contribution in [0.4, 0.5) is 0 Å². The van der Waals surface area contributed by atoms with E-state index in [9.17, 15) is 0 Å². The van der Waals surface area contributed by atoms with Gasteiger partial charge >= 0.3 is 0 Å². The van der Waals surface area contributed by atoms with E-state index in [4.69, 9.17) is 5.73 Å². The van der Waals surface area contributed by atoms with Crippen LogP contribution in [0, 0.1) is 21.3 Å². The maximum atomic E-state index is 6.58. The van der Waals surface area contributed by atoms with Crippen molar-refractivity contribution in [1.29, 1.82) is 0 Å². The molecule has 0 saturated heterocycles. The Morgan fingerprint density at radius 1 is 0.733 bits per heavy atom. The van der Waals surface area contributed by atoms with Crippen molar-refractivity contribution in [3.63, 3.8) is 0 Å². The first-order chi connectivity index (χ1) is 3.15. The minimum absolute atomic E-state index is 0. The van der Waals surface area contributed by atoms with Gasteiger partial charge in [0.2, 0.25) is 0 Å². The predicted octanol–water partition coefficient (Wildman–Crippen LogP) is 3.56. The number of nitrogens with one attached hydrogen (secondary N) is 1. The van der Waals surface area contributed by atoms with Crippen molar-refractivity contribution in [1.82, 2.24) is 0 Å². The summed E-state index contributed by atoms with van der Waals surface area (Å²) in [5.41, 5.74) is 6.58. The van der Waals surface area contributed by atoms with Crippen molar-refractivity contribution in [2.45, 2.75) is 33.7 Å². The zero-order chi connectivity index (χ0) is 6.28. The molecular weight excluding hydrogens is 644 g/mol. The second kappa shape index (κ2) is 70.5. The van der Waals surface area contributed by atoms with Gasteiger partial charge in [0.1, 0.15) is 0 Å². The molecule has 0 atom stereocenters. The molecule has 0 aromatic carbocycles. The molecule has 1 nitrogen and oxygen atoms in total. The Labute approximate surface area is 250 Å². The van der Waals surface area contributed by atoms with Crippen molar-refractivity contribution in [3.8, 4) is 0 Å². The van der Waals surface area contributed by atoms with Crippen molar-refractivity contribution in [3.05, 3.63) is 27.0 Å². The smallest absolute Gasteiger partial charge is 0 e. The van der Waals surface area contributed by atoms with E-state index in [2.05, 4.69) is 0 Å². The van der Waals surface area contributed by atoms with Crippen LogP contribution in [0.5, 0.6) is 0 Å². The van der Waals surface area contributed by atoms with Gasteiger partial charge in [-0.25, -0.2) is 0 Å². The van der Waals surface area contributed by atoms with Crippen LogP contribution >= 0.6 is 0 Å². The van der Waals surface area contributed by atoms with Crippen molar-refractivity contribution < 1.29 is 196 Å². The first-order valence-electron chi connectivity index (χ1n) is 2.60. The second-order valence-corrected chi connectivity index (χ2v) is 1.73. The fourth-order valence-electron chi connectivity index (χ4n) is 0. The minimum Gasteiger partial charge on any atom is -0.675 e. The Morgan fingerprint density at radius 3 is 0.733 bits per heavy atom. The van der Waals surface area contributed by atoms with E-state index in [1.807, 2.05) is 34.1 Å². The molecule has 80 valence electrons. The Balaban J connectivity index is -0.00000000275. The molecule has 15 heavy (non-hydrogen) atoms. The van der Waals surface area contributed by atoms with Crippen molar-refractivity contribution in [2.24, 2.45) is 0 Å². The molecule has 0 aliphatic carbocycles. The zero-order valence-corrected chi connectivity index (χ0v) is 28.1. The van der Waals surface area contributed by atoms with E-state index in [0.29, 0.717) is 0 Å². The van der Waals surface area contributed by atoms with Crippen LogP contribution in [-0.4, -0.2) is 6.04 Å². The molecule has 6 radical (unpaired) electrons. The van der Waals surface area contributed by atoms with Crippen LogP contribution in [-0.2, 0) is 196 Å². The van der Waals surface area contributed by atoms with Gasteiger partial charge in [0, 0.05) is 196 Å². The van der Waals surface area contributed by atoms with Gasteiger partial charge < -0.3 is 27.0 Å². The maximum absolute atomic E-state index is 6.58. The molecule has 0 aromatic heterocycles. The molecular formula is C8H21NY6-4. The minimum atomic E-state index is 0. The molecule has 0 aliphatic rings. The summed E-state index contributed by atoms with van der Waals surface area (Å²) in [6.45, 7) is 7.67. The Kier molecular flexibility index (Phi) is 320. The molecule has 0 unspecified atom stereocenters. The normalized spacial score (nSPS) is 3.60. The average molecular weight is 665 g/mol. The second-order valence-electron chi connectivity index (χ2n) is 1.73. The molecule has 0 aromatic rings. The van der Waals surface area contributed by atoms with Gasteiger partial charge in [-0.2, -0.15) is 13.8 Å². The Hall–Kier alpha value is 6.58. The first-order valence-corrected chi connectivity index (χ1v) is 2.60. The van der Waals surface area contributed by atoms with E-state index in [0.717, 1.165) is 0 Å². The summed E-state index contributed by atoms with van der Waals surface area (Å²) in [4.78, 5) is 0. The quantitative estimate of drug-likeness (QED) is 0.354. The zero-order valence-electron chi connectivity index (χ0n) is 11.1. The molecule has 0 saturated carbocycles. The fraction of sp³-hybridized carbons (Fsp3) is 0.625. The van der Waals surface area contributed by atoms with Crippen LogP contribution < -0.4 is 0 Å². The Morgan fingerprint density at radius 2 is 0.733 bits per heavy atom. The summed E-state index contributed by atoms with van der Waals surface area (Å²) >= 11 is 0.